The number of hydrogen-bond donors (Lipinski definition) is 1. The summed E-state index contributed by atoms with van der Waals surface area (Å²) < 4.78 is 30.0. The number of pyridine rings is 1. The molecular formula is C18H17F2N5O. The zero-order valence-corrected chi connectivity index (χ0v) is 13.9. The molecule has 1 fully saturated rings. The molecule has 8 heteroatoms. The molecular weight excluding hydrogens is 340 g/mol. The van der Waals surface area contributed by atoms with E-state index < -0.39 is 6.61 Å². The highest BCUT2D eigenvalue weighted by Gasteiger charge is 2.18. The summed E-state index contributed by atoms with van der Waals surface area (Å²) in [6.45, 7) is 0.0382. The van der Waals surface area contributed by atoms with Crippen molar-refractivity contribution >= 4 is 16.9 Å². The Balaban J connectivity index is 1.77. The van der Waals surface area contributed by atoms with Gasteiger partial charge in [-0.05, 0) is 12.1 Å². The molecule has 26 heavy (non-hydrogen) atoms. The number of alkyl halides is 2. The summed E-state index contributed by atoms with van der Waals surface area (Å²) in [5, 5.41) is 4.19. The topological polar surface area (TPSA) is 63.2 Å². The van der Waals surface area contributed by atoms with E-state index in [9.17, 15) is 8.78 Å². The SMILES string of the molecule is FC(F)Oc1cc(-c2cnc3ccccc3c2)nc(N2CCNCC2)n1. The average molecular weight is 357 g/mol. The van der Waals surface area contributed by atoms with E-state index in [2.05, 4.69) is 25.0 Å². The standard InChI is InChI=1S/C18H17F2N5O/c19-17(20)26-16-10-15(23-18(24-16)25-7-5-21-6-8-25)13-9-12-3-1-2-4-14(12)22-11-13/h1-4,9-11,17,21H,5-8H2. The zero-order chi connectivity index (χ0) is 17.9. The van der Waals surface area contributed by atoms with Crippen molar-refractivity contribution in [1.82, 2.24) is 20.3 Å². The number of rotatable bonds is 4. The first kappa shape index (κ1) is 16.6. The van der Waals surface area contributed by atoms with Crippen LogP contribution in [0, 0.1) is 0 Å². The Labute approximate surface area is 148 Å². The summed E-state index contributed by atoms with van der Waals surface area (Å²) in [6.07, 6.45) is 1.68. The number of anilines is 1. The summed E-state index contributed by atoms with van der Waals surface area (Å²) in [6, 6.07) is 11.0. The van der Waals surface area contributed by atoms with Gasteiger partial charge in [0.1, 0.15) is 0 Å². The number of piperazine rings is 1. The van der Waals surface area contributed by atoms with Crippen molar-refractivity contribution in [3.63, 3.8) is 0 Å². The summed E-state index contributed by atoms with van der Waals surface area (Å²) in [5.41, 5.74) is 2.08. The highest BCUT2D eigenvalue weighted by Crippen LogP contribution is 2.27. The fraction of sp³-hybridized carbons (Fsp3) is 0.278. The Morgan fingerprint density at radius 2 is 1.88 bits per heavy atom. The maximum absolute atomic E-state index is 12.7. The van der Waals surface area contributed by atoms with E-state index in [-0.39, 0.29) is 5.88 Å². The molecule has 2 aromatic heterocycles. The van der Waals surface area contributed by atoms with Gasteiger partial charge < -0.3 is 15.0 Å². The van der Waals surface area contributed by atoms with Crippen LogP contribution >= 0.6 is 0 Å². The molecule has 1 aliphatic heterocycles. The molecule has 4 rings (SSSR count). The number of halogens is 2. The van der Waals surface area contributed by atoms with Gasteiger partial charge in [-0.2, -0.15) is 13.8 Å². The van der Waals surface area contributed by atoms with Crippen molar-refractivity contribution in [3.05, 3.63) is 42.6 Å². The second-order valence-electron chi connectivity index (χ2n) is 5.92. The third kappa shape index (κ3) is 3.55. The first-order valence-corrected chi connectivity index (χ1v) is 8.34. The Morgan fingerprint density at radius 1 is 1.08 bits per heavy atom. The quantitative estimate of drug-likeness (QED) is 0.775. The smallest absolute Gasteiger partial charge is 0.388 e. The predicted octanol–water partition coefficient (Wildman–Crippen LogP) is 2.70. The summed E-state index contributed by atoms with van der Waals surface area (Å²) in [4.78, 5) is 15.1. The number of fused-ring (bicyclic) bond motifs is 1. The van der Waals surface area contributed by atoms with Crippen molar-refractivity contribution < 1.29 is 13.5 Å². The molecule has 1 aromatic carbocycles. The zero-order valence-electron chi connectivity index (χ0n) is 13.9. The van der Waals surface area contributed by atoms with Crippen molar-refractivity contribution in [3.8, 4) is 17.1 Å². The molecule has 3 aromatic rings. The van der Waals surface area contributed by atoms with E-state index in [1.165, 1.54) is 6.07 Å². The minimum Gasteiger partial charge on any atom is -0.417 e. The molecule has 1 N–H and O–H groups in total. The molecule has 1 aliphatic rings. The van der Waals surface area contributed by atoms with E-state index in [0.29, 0.717) is 24.7 Å². The van der Waals surface area contributed by atoms with Gasteiger partial charge in [0.2, 0.25) is 11.8 Å². The number of ether oxygens (including phenoxy) is 1. The highest BCUT2D eigenvalue weighted by atomic mass is 19.3. The molecule has 0 amide bonds. The van der Waals surface area contributed by atoms with Crippen molar-refractivity contribution in [2.75, 3.05) is 31.1 Å². The van der Waals surface area contributed by atoms with E-state index in [1.807, 2.05) is 35.2 Å². The summed E-state index contributed by atoms with van der Waals surface area (Å²) >= 11 is 0. The Morgan fingerprint density at radius 3 is 2.69 bits per heavy atom. The van der Waals surface area contributed by atoms with Crippen LogP contribution in [0.3, 0.4) is 0 Å². The van der Waals surface area contributed by atoms with Crippen LogP contribution in [0.4, 0.5) is 14.7 Å². The van der Waals surface area contributed by atoms with Gasteiger partial charge >= 0.3 is 6.61 Å². The van der Waals surface area contributed by atoms with E-state index >= 15 is 0 Å². The molecule has 0 aliphatic carbocycles. The molecule has 0 spiro atoms. The van der Waals surface area contributed by atoms with Crippen LogP contribution in [-0.2, 0) is 0 Å². The second-order valence-corrected chi connectivity index (χ2v) is 5.92. The lowest BCUT2D eigenvalue weighted by Gasteiger charge is -2.27. The lowest BCUT2D eigenvalue weighted by Crippen LogP contribution is -2.44. The van der Waals surface area contributed by atoms with Crippen LogP contribution in [0.25, 0.3) is 22.2 Å². The van der Waals surface area contributed by atoms with Gasteiger partial charge in [-0.15, -0.1) is 0 Å². The second kappa shape index (κ2) is 7.17. The van der Waals surface area contributed by atoms with Crippen LogP contribution < -0.4 is 15.0 Å². The molecule has 0 unspecified atom stereocenters. The number of para-hydroxylation sites is 1. The molecule has 0 atom stereocenters. The normalized spacial score (nSPS) is 14.8. The first-order chi connectivity index (χ1) is 12.7. The molecule has 0 saturated carbocycles. The van der Waals surface area contributed by atoms with Gasteiger partial charge in [-0.3, -0.25) is 4.98 Å². The van der Waals surface area contributed by atoms with Crippen LogP contribution in [0.2, 0.25) is 0 Å². The van der Waals surface area contributed by atoms with Gasteiger partial charge in [0, 0.05) is 49.4 Å². The fourth-order valence-corrected chi connectivity index (χ4v) is 2.93. The third-order valence-electron chi connectivity index (χ3n) is 4.19. The van der Waals surface area contributed by atoms with Gasteiger partial charge in [-0.1, -0.05) is 18.2 Å². The lowest BCUT2D eigenvalue weighted by molar-refractivity contribution is -0.0528. The number of nitrogens with one attached hydrogen (secondary N) is 1. The van der Waals surface area contributed by atoms with Crippen LogP contribution in [0.1, 0.15) is 0 Å². The number of benzene rings is 1. The molecule has 0 radical (unpaired) electrons. The number of nitrogens with zero attached hydrogens (tertiary/aromatic N) is 4. The number of aromatic nitrogens is 3. The van der Waals surface area contributed by atoms with Gasteiger partial charge in [0.25, 0.3) is 0 Å². The van der Waals surface area contributed by atoms with Gasteiger partial charge in [0.15, 0.2) is 0 Å². The van der Waals surface area contributed by atoms with Crippen molar-refractivity contribution in [2.24, 2.45) is 0 Å². The molecule has 3 heterocycles. The number of hydrogen-bond acceptors (Lipinski definition) is 6. The largest absolute Gasteiger partial charge is 0.417 e. The molecule has 0 bridgehead atoms. The van der Waals surface area contributed by atoms with Crippen LogP contribution in [0.5, 0.6) is 5.88 Å². The van der Waals surface area contributed by atoms with Crippen LogP contribution in [0.15, 0.2) is 42.6 Å². The van der Waals surface area contributed by atoms with Crippen molar-refractivity contribution in [1.29, 1.82) is 0 Å². The monoisotopic (exact) mass is 357 g/mol. The maximum atomic E-state index is 12.7. The third-order valence-corrected chi connectivity index (χ3v) is 4.19. The van der Waals surface area contributed by atoms with Crippen molar-refractivity contribution in [2.45, 2.75) is 6.61 Å². The molecule has 1 saturated heterocycles. The van der Waals surface area contributed by atoms with E-state index in [4.69, 9.17) is 0 Å². The Kier molecular flexibility index (Phi) is 4.57. The Hall–Kier alpha value is -2.87. The van der Waals surface area contributed by atoms with Crippen LogP contribution in [-0.4, -0.2) is 47.7 Å². The highest BCUT2D eigenvalue weighted by molar-refractivity contribution is 5.83. The first-order valence-electron chi connectivity index (χ1n) is 8.34. The fourth-order valence-electron chi connectivity index (χ4n) is 2.93. The van der Waals surface area contributed by atoms with E-state index in [1.54, 1.807) is 6.20 Å². The summed E-state index contributed by atoms with van der Waals surface area (Å²) in [5.74, 6) is 0.236. The minimum absolute atomic E-state index is 0.147. The van der Waals surface area contributed by atoms with E-state index in [0.717, 1.165) is 29.6 Å². The van der Waals surface area contributed by atoms with Gasteiger partial charge in [0.05, 0.1) is 11.2 Å². The molecule has 134 valence electrons. The minimum atomic E-state index is -2.94. The maximum Gasteiger partial charge on any atom is 0.388 e. The molecule has 6 nitrogen and oxygen atoms in total. The average Bonchev–Trinajstić information content (AvgIpc) is 2.67. The Bertz CT molecular complexity index is 915. The predicted molar refractivity (Wildman–Crippen MR) is 94.5 cm³/mol. The van der Waals surface area contributed by atoms with Gasteiger partial charge in [-0.25, -0.2) is 4.98 Å². The lowest BCUT2D eigenvalue weighted by atomic mass is 10.1. The summed E-state index contributed by atoms with van der Waals surface area (Å²) in [7, 11) is 0.